The third kappa shape index (κ3) is 5.86. The van der Waals surface area contributed by atoms with E-state index in [0.29, 0.717) is 37.4 Å². The molecule has 8 nitrogen and oxygen atoms in total. The monoisotopic (exact) mass is 451 g/mol. The minimum atomic E-state index is -3.76. The van der Waals surface area contributed by atoms with E-state index in [-0.39, 0.29) is 35.0 Å². The molecule has 1 saturated heterocycles. The van der Waals surface area contributed by atoms with Crippen molar-refractivity contribution in [1.29, 1.82) is 0 Å². The highest BCUT2D eigenvalue weighted by molar-refractivity contribution is 7.89. The molecule has 1 aliphatic heterocycles. The van der Waals surface area contributed by atoms with Crippen LogP contribution < -0.4 is 19.5 Å². The quantitative estimate of drug-likeness (QED) is 0.674. The van der Waals surface area contributed by atoms with Crippen LogP contribution in [0.1, 0.15) is 12.8 Å². The number of urea groups is 1. The molecule has 2 aromatic rings. The van der Waals surface area contributed by atoms with E-state index in [2.05, 4.69) is 10.0 Å². The van der Waals surface area contributed by atoms with Gasteiger partial charge in [0.05, 0.1) is 14.2 Å². The Morgan fingerprint density at radius 2 is 1.77 bits per heavy atom. The van der Waals surface area contributed by atoms with E-state index < -0.39 is 10.0 Å². The van der Waals surface area contributed by atoms with Gasteiger partial charge in [-0.25, -0.2) is 22.3 Å². The maximum atomic E-state index is 13.0. The van der Waals surface area contributed by atoms with Crippen LogP contribution in [-0.4, -0.2) is 53.2 Å². The van der Waals surface area contributed by atoms with E-state index in [1.165, 1.54) is 50.6 Å². The molecule has 0 atom stereocenters. The molecule has 0 aromatic heterocycles. The van der Waals surface area contributed by atoms with Crippen LogP contribution in [0.3, 0.4) is 0 Å². The van der Waals surface area contributed by atoms with E-state index in [1.54, 1.807) is 11.0 Å². The maximum absolute atomic E-state index is 13.0. The molecule has 0 unspecified atom stereocenters. The zero-order valence-electron chi connectivity index (χ0n) is 17.4. The number of benzene rings is 2. The Hall–Kier alpha value is -2.85. The Morgan fingerprint density at radius 1 is 1.10 bits per heavy atom. The molecule has 0 aliphatic carbocycles. The van der Waals surface area contributed by atoms with Crippen molar-refractivity contribution in [1.82, 2.24) is 9.62 Å². The number of rotatable bonds is 7. The molecular formula is C21H26FN3O5S. The minimum Gasteiger partial charge on any atom is -0.497 e. The first-order valence-corrected chi connectivity index (χ1v) is 11.3. The first-order valence-electron chi connectivity index (χ1n) is 9.85. The summed E-state index contributed by atoms with van der Waals surface area (Å²) in [6.07, 6.45) is 1.33. The first-order chi connectivity index (χ1) is 14.8. The highest BCUT2D eigenvalue weighted by atomic mass is 32.2. The molecule has 0 spiro atoms. The van der Waals surface area contributed by atoms with Crippen LogP contribution >= 0.6 is 0 Å². The van der Waals surface area contributed by atoms with Crippen molar-refractivity contribution in [2.75, 3.05) is 39.2 Å². The molecule has 3 rings (SSSR count). The number of carbonyl (C=O) groups excluding carboxylic acids is 1. The predicted molar refractivity (Wildman–Crippen MR) is 114 cm³/mol. The van der Waals surface area contributed by atoms with Gasteiger partial charge in [-0.05, 0) is 55.2 Å². The van der Waals surface area contributed by atoms with Gasteiger partial charge in [0.2, 0.25) is 10.0 Å². The number of amides is 2. The van der Waals surface area contributed by atoms with Crippen molar-refractivity contribution in [2.45, 2.75) is 17.7 Å². The molecule has 2 amide bonds. The summed E-state index contributed by atoms with van der Waals surface area (Å²) in [6, 6.07) is 9.85. The number of piperidine rings is 1. The molecule has 2 N–H and O–H groups in total. The molecule has 0 radical (unpaired) electrons. The van der Waals surface area contributed by atoms with Crippen molar-refractivity contribution in [3.8, 4) is 11.5 Å². The van der Waals surface area contributed by atoms with Crippen molar-refractivity contribution in [2.24, 2.45) is 5.92 Å². The number of hydrogen-bond donors (Lipinski definition) is 2. The van der Waals surface area contributed by atoms with Gasteiger partial charge < -0.3 is 19.7 Å². The Morgan fingerprint density at radius 3 is 2.39 bits per heavy atom. The van der Waals surface area contributed by atoms with Crippen molar-refractivity contribution < 1.29 is 27.1 Å². The van der Waals surface area contributed by atoms with Crippen molar-refractivity contribution >= 4 is 21.7 Å². The number of ether oxygens (including phenoxy) is 2. The van der Waals surface area contributed by atoms with Gasteiger partial charge in [0.25, 0.3) is 0 Å². The smallest absolute Gasteiger partial charge is 0.321 e. The number of nitrogens with one attached hydrogen (secondary N) is 2. The fourth-order valence-electron chi connectivity index (χ4n) is 3.38. The maximum Gasteiger partial charge on any atom is 0.321 e. The molecule has 168 valence electrons. The van der Waals surface area contributed by atoms with Crippen LogP contribution in [0.4, 0.5) is 14.9 Å². The van der Waals surface area contributed by atoms with Gasteiger partial charge in [-0.1, -0.05) is 0 Å². The predicted octanol–water partition coefficient (Wildman–Crippen LogP) is 3.07. The summed E-state index contributed by atoms with van der Waals surface area (Å²) in [7, 11) is -0.859. The number of carbonyl (C=O) groups is 1. The average Bonchev–Trinajstić information content (AvgIpc) is 2.79. The van der Waals surface area contributed by atoms with E-state index in [1.807, 2.05) is 0 Å². The summed E-state index contributed by atoms with van der Waals surface area (Å²) in [6.45, 7) is 1.28. The van der Waals surface area contributed by atoms with Crippen LogP contribution in [0.5, 0.6) is 11.5 Å². The largest absolute Gasteiger partial charge is 0.497 e. The van der Waals surface area contributed by atoms with E-state index in [0.717, 1.165) is 0 Å². The van der Waals surface area contributed by atoms with Crippen molar-refractivity contribution in [3.63, 3.8) is 0 Å². The number of likely N-dealkylation sites (tertiary alicyclic amines) is 1. The van der Waals surface area contributed by atoms with Crippen LogP contribution in [-0.2, 0) is 10.0 Å². The molecule has 0 bridgehead atoms. The molecule has 0 saturated carbocycles. The lowest BCUT2D eigenvalue weighted by Gasteiger charge is -2.32. The molecule has 31 heavy (non-hydrogen) atoms. The van der Waals surface area contributed by atoms with Gasteiger partial charge in [0, 0.05) is 31.4 Å². The third-order valence-electron chi connectivity index (χ3n) is 5.22. The van der Waals surface area contributed by atoms with E-state index >= 15 is 0 Å². The summed E-state index contributed by atoms with van der Waals surface area (Å²) < 4.78 is 51.4. The summed E-state index contributed by atoms with van der Waals surface area (Å²) >= 11 is 0. The lowest BCUT2D eigenvalue weighted by Crippen LogP contribution is -2.43. The summed E-state index contributed by atoms with van der Waals surface area (Å²) in [4.78, 5) is 14.1. The molecule has 10 heteroatoms. The highest BCUT2D eigenvalue weighted by Gasteiger charge is 2.26. The fourth-order valence-corrected chi connectivity index (χ4v) is 4.64. The standard InChI is InChI=1S/C21H26FN3O5S/c1-29-18-7-8-20(19(13-18)30-2)31(27,28)23-14-15-9-11-25(12-10-15)21(26)24-17-5-3-16(22)4-6-17/h3-8,13,15,23H,9-12,14H2,1-2H3,(H,24,26). The summed E-state index contributed by atoms with van der Waals surface area (Å²) in [5.41, 5.74) is 0.523. The lowest BCUT2D eigenvalue weighted by molar-refractivity contribution is 0.183. The normalized spacial score (nSPS) is 14.9. The summed E-state index contributed by atoms with van der Waals surface area (Å²) in [5, 5.41) is 2.74. The minimum absolute atomic E-state index is 0.0481. The van der Waals surface area contributed by atoms with Crippen LogP contribution in [0.25, 0.3) is 0 Å². The first kappa shape index (κ1) is 22.8. The zero-order valence-corrected chi connectivity index (χ0v) is 18.2. The van der Waals surface area contributed by atoms with Crippen LogP contribution in [0, 0.1) is 11.7 Å². The average molecular weight is 452 g/mol. The Bertz CT molecular complexity index is 1010. The van der Waals surface area contributed by atoms with Gasteiger partial charge in [0.15, 0.2) is 0 Å². The SMILES string of the molecule is COc1ccc(S(=O)(=O)NCC2CCN(C(=O)Nc3ccc(F)cc3)CC2)c(OC)c1. The van der Waals surface area contributed by atoms with Crippen LogP contribution in [0.2, 0.25) is 0 Å². The number of methoxy groups -OCH3 is 2. The number of nitrogens with zero attached hydrogens (tertiary/aromatic N) is 1. The number of halogens is 1. The topological polar surface area (TPSA) is 97.0 Å². The Labute approximate surface area is 181 Å². The van der Waals surface area contributed by atoms with Gasteiger partial charge in [0.1, 0.15) is 22.2 Å². The Balaban J connectivity index is 1.51. The number of hydrogen-bond acceptors (Lipinski definition) is 5. The number of anilines is 1. The van der Waals surface area contributed by atoms with E-state index in [4.69, 9.17) is 9.47 Å². The Kier molecular flexibility index (Phi) is 7.34. The molecule has 2 aromatic carbocycles. The highest BCUT2D eigenvalue weighted by Crippen LogP contribution is 2.28. The second-order valence-corrected chi connectivity index (χ2v) is 8.97. The van der Waals surface area contributed by atoms with E-state index in [9.17, 15) is 17.6 Å². The third-order valence-corrected chi connectivity index (χ3v) is 6.68. The second kappa shape index (κ2) is 9.97. The molecule has 1 aliphatic rings. The van der Waals surface area contributed by atoms with Gasteiger partial charge in [-0.3, -0.25) is 0 Å². The molecule has 1 fully saturated rings. The second-order valence-electron chi connectivity index (χ2n) is 7.24. The fraction of sp³-hybridized carbons (Fsp3) is 0.381. The van der Waals surface area contributed by atoms with Crippen molar-refractivity contribution in [3.05, 3.63) is 48.3 Å². The zero-order chi connectivity index (χ0) is 22.4. The van der Waals surface area contributed by atoms with Gasteiger partial charge >= 0.3 is 6.03 Å². The van der Waals surface area contributed by atoms with Gasteiger partial charge in [-0.2, -0.15) is 0 Å². The van der Waals surface area contributed by atoms with Crippen LogP contribution in [0.15, 0.2) is 47.4 Å². The summed E-state index contributed by atoms with van der Waals surface area (Å²) in [5.74, 6) is 0.448. The lowest BCUT2D eigenvalue weighted by atomic mass is 9.97. The number of sulfonamides is 1. The molecule has 1 heterocycles. The van der Waals surface area contributed by atoms with Gasteiger partial charge in [-0.15, -0.1) is 0 Å². The molecular weight excluding hydrogens is 425 g/mol.